The summed E-state index contributed by atoms with van der Waals surface area (Å²) in [6, 6.07) is 26.8. The fourth-order valence-corrected chi connectivity index (χ4v) is 5.62. The molecule has 2 atom stereocenters. The summed E-state index contributed by atoms with van der Waals surface area (Å²) in [4.78, 5) is 40.9. The molecule has 1 saturated heterocycles. The van der Waals surface area contributed by atoms with Gasteiger partial charge in [0.2, 0.25) is 5.91 Å². The lowest BCUT2D eigenvalue weighted by molar-refractivity contribution is -0.125. The Morgan fingerprint density at radius 2 is 1.54 bits per heavy atom. The van der Waals surface area contributed by atoms with Gasteiger partial charge in [0, 0.05) is 18.5 Å². The van der Waals surface area contributed by atoms with Crippen LogP contribution < -0.4 is 16.0 Å². The van der Waals surface area contributed by atoms with Gasteiger partial charge < -0.3 is 20.9 Å². The van der Waals surface area contributed by atoms with Crippen molar-refractivity contribution >= 4 is 28.7 Å². The number of nitrogens with one attached hydrogen (secondary N) is 3. The molecular weight excluding hydrogens is 514 g/mol. The van der Waals surface area contributed by atoms with E-state index >= 15 is 0 Å². The highest BCUT2D eigenvalue weighted by Gasteiger charge is 2.35. The molecule has 3 N–H and O–H groups in total. The number of urea groups is 1. The SMILES string of the molecule is CC(C)[C@@H]1Nc2nc(nc3ccccc23)CN2CCN(C(=O)NC(c3ccccc3)c3ccccc3)CC2NC1=O. The molecule has 3 amide bonds. The molecule has 6 rings (SSSR count). The Morgan fingerprint density at radius 1 is 0.878 bits per heavy atom. The molecule has 2 bridgehead atoms. The Morgan fingerprint density at radius 3 is 2.22 bits per heavy atom. The number of para-hydroxylation sites is 1. The van der Waals surface area contributed by atoms with E-state index in [0.717, 1.165) is 22.0 Å². The van der Waals surface area contributed by atoms with Crippen molar-refractivity contribution in [1.29, 1.82) is 0 Å². The maximum Gasteiger partial charge on any atom is 0.318 e. The maximum absolute atomic E-state index is 13.7. The minimum Gasteiger partial charge on any atom is -0.358 e. The third kappa shape index (κ3) is 5.71. The van der Waals surface area contributed by atoms with Crippen LogP contribution in [0.4, 0.5) is 10.6 Å². The zero-order valence-corrected chi connectivity index (χ0v) is 23.3. The molecular formula is C32H35N7O2. The molecule has 4 aromatic rings. The largest absolute Gasteiger partial charge is 0.358 e. The molecule has 0 radical (unpaired) electrons. The third-order valence-corrected chi connectivity index (χ3v) is 7.86. The quantitative estimate of drug-likeness (QED) is 0.354. The Balaban J connectivity index is 1.26. The van der Waals surface area contributed by atoms with Gasteiger partial charge in [0.05, 0.1) is 24.6 Å². The van der Waals surface area contributed by atoms with Crippen LogP contribution in [0.1, 0.15) is 36.8 Å². The van der Waals surface area contributed by atoms with Crippen molar-refractivity contribution in [2.45, 2.75) is 38.6 Å². The minimum atomic E-state index is -0.495. The number of hydrogen-bond donors (Lipinski definition) is 3. The first kappa shape index (κ1) is 26.7. The van der Waals surface area contributed by atoms with Gasteiger partial charge in [-0.25, -0.2) is 14.8 Å². The number of aromatic nitrogens is 2. The lowest BCUT2D eigenvalue weighted by Crippen LogP contribution is -2.64. The molecule has 0 saturated carbocycles. The van der Waals surface area contributed by atoms with E-state index in [1.807, 2.05) is 98.8 Å². The fourth-order valence-electron chi connectivity index (χ4n) is 5.62. The molecule has 1 aromatic heterocycles. The molecule has 3 aromatic carbocycles. The minimum absolute atomic E-state index is 0.0144. The number of amides is 3. The summed E-state index contributed by atoms with van der Waals surface area (Å²) in [5, 5.41) is 10.8. The van der Waals surface area contributed by atoms with Gasteiger partial charge in [-0.15, -0.1) is 0 Å². The highest BCUT2D eigenvalue weighted by atomic mass is 16.2. The molecule has 2 aliphatic heterocycles. The van der Waals surface area contributed by atoms with Gasteiger partial charge in [-0.2, -0.15) is 0 Å². The number of rotatable bonds is 4. The summed E-state index contributed by atoms with van der Waals surface area (Å²) in [5.41, 5.74) is 2.85. The summed E-state index contributed by atoms with van der Waals surface area (Å²) >= 11 is 0. The Kier molecular flexibility index (Phi) is 7.52. The van der Waals surface area contributed by atoms with Crippen LogP contribution in [-0.4, -0.2) is 63.5 Å². The summed E-state index contributed by atoms with van der Waals surface area (Å²) in [5.74, 6) is 1.25. The van der Waals surface area contributed by atoms with Crippen molar-refractivity contribution in [1.82, 2.24) is 30.4 Å². The monoisotopic (exact) mass is 549 g/mol. The first-order valence-electron chi connectivity index (χ1n) is 14.2. The van der Waals surface area contributed by atoms with Crippen LogP contribution in [0.25, 0.3) is 10.9 Å². The number of hydrogen-bond acceptors (Lipinski definition) is 6. The first-order chi connectivity index (χ1) is 20.0. The predicted molar refractivity (Wildman–Crippen MR) is 159 cm³/mol. The van der Waals surface area contributed by atoms with E-state index in [9.17, 15) is 9.59 Å². The zero-order chi connectivity index (χ0) is 28.3. The fraction of sp³-hybridized carbons (Fsp3) is 0.312. The van der Waals surface area contributed by atoms with Crippen molar-refractivity contribution < 1.29 is 9.59 Å². The van der Waals surface area contributed by atoms with E-state index in [1.165, 1.54) is 0 Å². The molecule has 9 heteroatoms. The number of piperazine rings is 1. The van der Waals surface area contributed by atoms with Crippen LogP contribution in [0.2, 0.25) is 0 Å². The first-order valence-corrected chi connectivity index (χ1v) is 14.2. The van der Waals surface area contributed by atoms with Crippen LogP contribution >= 0.6 is 0 Å². The van der Waals surface area contributed by atoms with E-state index < -0.39 is 6.04 Å². The number of anilines is 1. The van der Waals surface area contributed by atoms with Crippen LogP contribution in [0.5, 0.6) is 0 Å². The molecule has 9 nitrogen and oxygen atoms in total. The second-order valence-electron chi connectivity index (χ2n) is 11.0. The van der Waals surface area contributed by atoms with Crippen LogP contribution in [0.15, 0.2) is 84.9 Å². The van der Waals surface area contributed by atoms with Crippen molar-refractivity contribution in [3.05, 3.63) is 102 Å². The van der Waals surface area contributed by atoms with Crippen LogP contribution in [0, 0.1) is 5.92 Å². The predicted octanol–water partition coefficient (Wildman–Crippen LogP) is 4.14. The van der Waals surface area contributed by atoms with E-state index in [4.69, 9.17) is 9.97 Å². The van der Waals surface area contributed by atoms with Crippen molar-refractivity contribution in [2.24, 2.45) is 5.92 Å². The van der Waals surface area contributed by atoms with Gasteiger partial charge in [-0.05, 0) is 29.2 Å². The van der Waals surface area contributed by atoms with Crippen molar-refractivity contribution in [2.75, 3.05) is 25.0 Å². The molecule has 2 aliphatic rings. The molecule has 41 heavy (non-hydrogen) atoms. The van der Waals surface area contributed by atoms with Gasteiger partial charge in [-0.1, -0.05) is 86.6 Å². The smallest absolute Gasteiger partial charge is 0.318 e. The summed E-state index contributed by atoms with van der Waals surface area (Å²) < 4.78 is 0. The standard InChI is InChI=1S/C32H35N7O2/c1-21(2)28-31(40)35-27-20-39(32(41)37-29(22-11-5-3-6-12-22)23-13-7-4-8-14-23)18-17-38(27)19-26-33-25-16-10-9-15-24(25)30(34-26)36-28/h3-16,21,27-29H,17-20H2,1-2H3,(H,35,40)(H,37,41)(H,33,34,36)/t27?,28-/m0/s1. The molecule has 0 aliphatic carbocycles. The topological polar surface area (TPSA) is 102 Å². The molecule has 210 valence electrons. The van der Waals surface area contributed by atoms with Crippen LogP contribution in [0.3, 0.4) is 0 Å². The highest BCUT2D eigenvalue weighted by molar-refractivity contribution is 5.92. The number of nitrogens with zero attached hydrogens (tertiary/aromatic N) is 4. The Labute approximate surface area is 240 Å². The second-order valence-corrected chi connectivity index (χ2v) is 11.0. The number of carbonyl (C=O) groups excluding carboxylic acids is 2. The van der Waals surface area contributed by atoms with Crippen molar-refractivity contribution in [3.63, 3.8) is 0 Å². The van der Waals surface area contributed by atoms with Gasteiger partial charge >= 0.3 is 6.03 Å². The number of carbonyl (C=O) groups is 2. The molecule has 0 spiro atoms. The number of benzene rings is 3. The average molecular weight is 550 g/mol. The number of fused-ring (bicyclic) bond motifs is 5. The van der Waals surface area contributed by atoms with E-state index in [0.29, 0.717) is 37.8 Å². The van der Waals surface area contributed by atoms with Gasteiger partial charge in [0.25, 0.3) is 0 Å². The lowest BCUT2D eigenvalue weighted by atomic mass is 9.99. The van der Waals surface area contributed by atoms with E-state index in [1.54, 1.807) is 4.90 Å². The average Bonchev–Trinajstić information content (AvgIpc) is 2.99. The van der Waals surface area contributed by atoms with Gasteiger partial charge in [0.1, 0.15) is 23.8 Å². The lowest BCUT2D eigenvalue weighted by Gasteiger charge is -2.42. The van der Waals surface area contributed by atoms with Crippen LogP contribution in [-0.2, 0) is 11.3 Å². The highest BCUT2D eigenvalue weighted by Crippen LogP contribution is 2.26. The molecule has 1 fully saturated rings. The van der Waals surface area contributed by atoms with E-state index in [-0.39, 0.29) is 30.1 Å². The van der Waals surface area contributed by atoms with Gasteiger partial charge in [0.15, 0.2) is 0 Å². The second kappa shape index (κ2) is 11.5. The summed E-state index contributed by atoms with van der Waals surface area (Å²) in [6.07, 6.45) is -0.381. The Bertz CT molecular complexity index is 1490. The van der Waals surface area contributed by atoms with Crippen molar-refractivity contribution in [3.8, 4) is 0 Å². The van der Waals surface area contributed by atoms with E-state index in [2.05, 4.69) is 20.9 Å². The third-order valence-electron chi connectivity index (χ3n) is 7.86. The Hall–Kier alpha value is -4.50. The summed E-state index contributed by atoms with van der Waals surface area (Å²) in [6.45, 7) is 5.92. The summed E-state index contributed by atoms with van der Waals surface area (Å²) in [7, 11) is 0. The molecule has 3 heterocycles. The normalized spacial score (nSPS) is 19.4. The maximum atomic E-state index is 13.7. The molecule has 1 unspecified atom stereocenters. The zero-order valence-electron chi connectivity index (χ0n) is 23.3. The van der Waals surface area contributed by atoms with Gasteiger partial charge in [-0.3, -0.25) is 9.69 Å².